The highest BCUT2D eigenvalue weighted by Gasteiger charge is 2.38. The molecule has 0 bridgehead atoms. The van der Waals surface area contributed by atoms with Gasteiger partial charge in [0.05, 0.1) is 6.54 Å². The van der Waals surface area contributed by atoms with Crippen LogP contribution < -0.4 is 5.32 Å². The van der Waals surface area contributed by atoms with Gasteiger partial charge in [0.25, 0.3) is 10.0 Å². The molecular weight excluding hydrogens is 380 g/mol. The highest BCUT2D eigenvalue weighted by Crippen LogP contribution is 2.35. The maximum Gasteiger partial charge on any atom is 0.253 e. The van der Waals surface area contributed by atoms with Gasteiger partial charge in [-0.1, -0.05) is 38.1 Å². The van der Waals surface area contributed by atoms with Crippen molar-refractivity contribution in [3.63, 3.8) is 0 Å². The molecule has 5 nitrogen and oxygen atoms in total. The Kier molecular flexibility index (Phi) is 6.03. The monoisotopic (exact) mass is 406 g/mol. The summed E-state index contributed by atoms with van der Waals surface area (Å²) in [5.74, 6) is 0.327. The fourth-order valence-electron chi connectivity index (χ4n) is 2.88. The molecule has 1 fully saturated rings. The quantitative estimate of drug-likeness (QED) is 0.724. The van der Waals surface area contributed by atoms with Crippen LogP contribution in [-0.4, -0.2) is 24.7 Å². The number of carbonyl (C=O) groups is 1. The topological polar surface area (TPSA) is 66.5 Å². The van der Waals surface area contributed by atoms with Crippen molar-refractivity contribution in [2.45, 2.75) is 62.9 Å². The number of nitrogens with zero attached hydrogens (tertiary/aromatic N) is 1. The summed E-state index contributed by atoms with van der Waals surface area (Å²) >= 11 is 1.23. The second-order valence-electron chi connectivity index (χ2n) is 7.31. The molecule has 1 aliphatic carbocycles. The van der Waals surface area contributed by atoms with Gasteiger partial charge in [0.15, 0.2) is 0 Å². The largest absolute Gasteiger partial charge is 0.351 e. The van der Waals surface area contributed by atoms with Crippen LogP contribution in [0, 0.1) is 0 Å². The summed E-state index contributed by atoms with van der Waals surface area (Å²) < 4.78 is 28.4. The Morgan fingerprint density at radius 1 is 1.19 bits per heavy atom. The number of nitrogens with one attached hydrogen (secondary N) is 1. The molecule has 1 aromatic heterocycles. The van der Waals surface area contributed by atoms with Gasteiger partial charge in [0.2, 0.25) is 5.91 Å². The SMILES string of the molecule is CC(=O)NCc1ccc(S(=O)(=O)N(Cc2ccc(C(C)C)cc2)C2CC2)s1. The van der Waals surface area contributed by atoms with E-state index in [1.54, 1.807) is 16.4 Å². The zero-order chi connectivity index (χ0) is 19.6. The van der Waals surface area contributed by atoms with Gasteiger partial charge >= 0.3 is 0 Å². The van der Waals surface area contributed by atoms with Gasteiger partial charge in [0.1, 0.15) is 4.21 Å². The number of rotatable bonds is 8. The minimum absolute atomic E-state index is 0.0840. The van der Waals surface area contributed by atoms with Crippen LogP contribution in [0.2, 0.25) is 0 Å². The molecule has 1 N–H and O–H groups in total. The number of thiophene rings is 1. The molecule has 1 saturated carbocycles. The molecule has 1 aromatic carbocycles. The lowest BCUT2D eigenvalue weighted by Gasteiger charge is -2.21. The Morgan fingerprint density at radius 3 is 2.41 bits per heavy atom. The first kappa shape index (κ1) is 20.0. The van der Waals surface area contributed by atoms with E-state index >= 15 is 0 Å². The van der Waals surface area contributed by atoms with Gasteiger partial charge in [-0.15, -0.1) is 11.3 Å². The van der Waals surface area contributed by atoms with E-state index in [2.05, 4.69) is 31.3 Å². The van der Waals surface area contributed by atoms with Crippen molar-refractivity contribution in [3.8, 4) is 0 Å². The van der Waals surface area contributed by atoms with Crippen LogP contribution >= 0.6 is 11.3 Å². The number of hydrogen-bond acceptors (Lipinski definition) is 4. The average Bonchev–Trinajstić information content (AvgIpc) is 3.33. The van der Waals surface area contributed by atoms with E-state index in [-0.39, 0.29) is 11.9 Å². The number of benzene rings is 1. The molecule has 1 aliphatic rings. The number of carbonyl (C=O) groups excluding carboxylic acids is 1. The summed E-state index contributed by atoms with van der Waals surface area (Å²) in [6.45, 7) is 6.49. The third-order valence-corrected chi connectivity index (χ3v) is 8.10. The third kappa shape index (κ3) is 4.97. The predicted octanol–water partition coefficient (Wildman–Crippen LogP) is 3.86. The van der Waals surface area contributed by atoms with Crippen LogP contribution in [0.3, 0.4) is 0 Å². The van der Waals surface area contributed by atoms with Crippen molar-refractivity contribution in [1.82, 2.24) is 9.62 Å². The minimum atomic E-state index is -3.54. The van der Waals surface area contributed by atoms with E-state index < -0.39 is 10.0 Å². The van der Waals surface area contributed by atoms with Crippen molar-refractivity contribution in [2.24, 2.45) is 0 Å². The molecule has 146 valence electrons. The van der Waals surface area contributed by atoms with Gasteiger partial charge in [-0.3, -0.25) is 4.79 Å². The first-order valence-corrected chi connectivity index (χ1v) is 11.5. The van der Waals surface area contributed by atoms with Crippen LogP contribution in [0.25, 0.3) is 0 Å². The van der Waals surface area contributed by atoms with Crippen molar-refractivity contribution < 1.29 is 13.2 Å². The molecule has 0 atom stereocenters. The summed E-state index contributed by atoms with van der Waals surface area (Å²) in [4.78, 5) is 11.9. The fraction of sp³-hybridized carbons (Fsp3) is 0.450. The normalized spacial score (nSPS) is 14.7. The zero-order valence-corrected chi connectivity index (χ0v) is 17.6. The predicted molar refractivity (Wildman–Crippen MR) is 108 cm³/mol. The molecule has 1 amide bonds. The third-order valence-electron chi connectivity index (χ3n) is 4.65. The molecule has 0 radical (unpaired) electrons. The van der Waals surface area contributed by atoms with Crippen LogP contribution in [0.4, 0.5) is 0 Å². The van der Waals surface area contributed by atoms with Gasteiger partial charge in [-0.2, -0.15) is 4.31 Å². The van der Waals surface area contributed by atoms with Crippen LogP contribution in [-0.2, 0) is 27.9 Å². The standard InChI is InChI=1S/C20H26N2O3S2/c1-14(2)17-6-4-16(5-7-17)13-22(18-8-9-18)27(24,25)20-11-10-19(26-20)12-21-15(3)23/h4-7,10-11,14,18H,8-9,12-13H2,1-3H3,(H,21,23). The summed E-state index contributed by atoms with van der Waals surface area (Å²) in [6.07, 6.45) is 1.82. The van der Waals surface area contributed by atoms with Crippen LogP contribution in [0.1, 0.15) is 55.5 Å². The molecule has 0 saturated heterocycles. The minimum Gasteiger partial charge on any atom is -0.351 e. The van der Waals surface area contributed by atoms with Gasteiger partial charge in [0, 0.05) is 24.4 Å². The van der Waals surface area contributed by atoms with E-state index in [4.69, 9.17) is 0 Å². The van der Waals surface area contributed by atoms with Crippen molar-refractivity contribution >= 4 is 27.3 Å². The molecular formula is C20H26N2O3S2. The van der Waals surface area contributed by atoms with Crippen LogP contribution in [0.5, 0.6) is 0 Å². The average molecular weight is 407 g/mol. The molecule has 1 heterocycles. The molecule has 27 heavy (non-hydrogen) atoms. The highest BCUT2D eigenvalue weighted by atomic mass is 32.2. The van der Waals surface area contributed by atoms with Crippen molar-refractivity contribution in [2.75, 3.05) is 0 Å². The number of hydrogen-bond donors (Lipinski definition) is 1. The highest BCUT2D eigenvalue weighted by molar-refractivity contribution is 7.91. The molecule has 2 aromatic rings. The summed E-state index contributed by atoms with van der Waals surface area (Å²) in [5, 5.41) is 2.71. The smallest absolute Gasteiger partial charge is 0.253 e. The number of sulfonamides is 1. The lowest BCUT2D eigenvalue weighted by molar-refractivity contribution is -0.119. The van der Waals surface area contributed by atoms with Gasteiger partial charge in [-0.25, -0.2) is 8.42 Å². The first-order chi connectivity index (χ1) is 12.8. The molecule has 0 spiro atoms. The lowest BCUT2D eigenvalue weighted by atomic mass is 10.0. The first-order valence-electron chi connectivity index (χ1n) is 9.21. The van der Waals surface area contributed by atoms with Crippen molar-refractivity contribution in [3.05, 3.63) is 52.4 Å². The zero-order valence-electron chi connectivity index (χ0n) is 15.9. The Hall–Kier alpha value is -1.70. The maximum absolute atomic E-state index is 13.2. The Balaban J connectivity index is 1.78. The van der Waals surface area contributed by atoms with Gasteiger partial charge in [-0.05, 0) is 42.0 Å². The van der Waals surface area contributed by atoms with E-state index in [1.165, 1.54) is 23.8 Å². The van der Waals surface area contributed by atoms with E-state index in [0.29, 0.717) is 23.2 Å². The lowest BCUT2D eigenvalue weighted by Crippen LogP contribution is -2.32. The second-order valence-corrected chi connectivity index (χ2v) is 10.6. The number of amides is 1. The summed E-state index contributed by atoms with van der Waals surface area (Å²) in [5.41, 5.74) is 2.25. The Bertz CT molecular complexity index is 898. The molecule has 0 unspecified atom stereocenters. The van der Waals surface area contributed by atoms with E-state index in [0.717, 1.165) is 23.3 Å². The van der Waals surface area contributed by atoms with Crippen molar-refractivity contribution in [1.29, 1.82) is 0 Å². The fourth-order valence-corrected chi connectivity index (χ4v) is 5.98. The second kappa shape index (κ2) is 8.12. The molecule has 3 rings (SSSR count). The Morgan fingerprint density at radius 2 is 1.85 bits per heavy atom. The molecule has 7 heteroatoms. The molecule has 0 aliphatic heterocycles. The maximum atomic E-state index is 13.2. The van der Waals surface area contributed by atoms with Gasteiger partial charge < -0.3 is 5.32 Å². The van der Waals surface area contributed by atoms with E-state index in [9.17, 15) is 13.2 Å². The summed E-state index contributed by atoms with van der Waals surface area (Å²) in [7, 11) is -3.54. The van der Waals surface area contributed by atoms with E-state index in [1.807, 2.05) is 12.1 Å². The van der Waals surface area contributed by atoms with Crippen LogP contribution in [0.15, 0.2) is 40.6 Å². The Labute approximate surface area is 165 Å². The summed E-state index contributed by atoms with van der Waals surface area (Å²) in [6, 6.07) is 11.7.